The van der Waals surface area contributed by atoms with Crippen molar-refractivity contribution in [2.24, 2.45) is 0 Å². The molecule has 1 fully saturated rings. The van der Waals surface area contributed by atoms with Crippen LogP contribution in [0, 0.1) is 0 Å². The molecule has 1 saturated heterocycles. The Labute approximate surface area is 190 Å². The Kier molecular flexibility index (Phi) is 5.83. The van der Waals surface area contributed by atoms with Crippen LogP contribution < -0.4 is 4.90 Å². The number of anilines is 1. The number of aryl methyl sites for hydroxylation is 1. The van der Waals surface area contributed by atoms with Crippen molar-refractivity contribution in [2.45, 2.75) is 43.4 Å². The summed E-state index contributed by atoms with van der Waals surface area (Å²) >= 11 is 1.56. The van der Waals surface area contributed by atoms with E-state index in [2.05, 4.69) is 10.1 Å². The molecule has 3 aromatic rings. The third kappa shape index (κ3) is 4.10. The van der Waals surface area contributed by atoms with Crippen molar-refractivity contribution < 1.29 is 17.7 Å². The van der Waals surface area contributed by atoms with E-state index in [1.54, 1.807) is 38.7 Å². The number of thiophene rings is 1. The van der Waals surface area contributed by atoms with Crippen LogP contribution in [0.2, 0.25) is 0 Å². The van der Waals surface area contributed by atoms with Crippen LogP contribution in [-0.4, -0.2) is 48.4 Å². The molecule has 168 valence electrons. The van der Waals surface area contributed by atoms with E-state index in [1.807, 2.05) is 16.8 Å². The van der Waals surface area contributed by atoms with Gasteiger partial charge in [0.05, 0.1) is 4.90 Å². The minimum atomic E-state index is -3.48. The second-order valence-electron chi connectivity index (χ2n) is 8.07. The van der Waals surface area contributed by atoms with Crippen molar-refractivity contribution in [1.82, 2.24) is 14.4 Å². The van der Waals surface area contributed by atoms with Crippen molar-refractivity contribution >= 4 is 33.0 Å². The van der Waals surface area contributed by atoms with Gasteiger partial charge in [-0.15, -0.1) is 0 Å². The molecule has 0 aliphatic carbocycles. The van der Waals surface area contributed by atoms with Crippen molar-refractivity contribution in [2.75, 3.05) is 24.5 Å². The lowest BCUT2D eigenvalue weighted by Crippen LogP contribution is -2.35. The fourth-order valence-corrected chi connectivity index (χ4v) is 6.47. The summed E-state index contributed by atoms with van der Waals surface area (Å²) in [5, 5.41) is 7.87. The van der Waals surface area contributed by atoms with E-state index in [0.717, 1.165) is 36.1 Å². The highest BCUT2D eigenvalue weighted by Gasteiger charge is 2.30. The zero-order chi connectivity index (χ0) is 22.1. The number of carbonyl (C=O) groups is 1. The smallest absolute Gasteiger partial charge is 0.243 e. The van der Waals surface area contributed by atoms with Crippen LogP contribution in [0.25, 0.3) is 11.4 Å². The Balaban J connectivity index is 1.25. The maximum atomic E-state index is 13.0. The Morgan fingerprint density at radius 2 is 1.97 bits per heavy atom. The number of piperidine rings is 1. The molecule has 8 nitrogen and oxygen atoms in total. The summed E-state index contributed by atoms with van der Waals surface area (Å²) in [6.45, 7) is 1.70. The number of amides is 1. The van der Waals surface area contributed by atoms with E-state index in [1.165, 1.54) is 0 Å². The van der Waals surface area contributed by atoms with Crippen LogP contribution in [0.15, 0.2) is 44.4 Å². The zero-order valence-electron chi connectivity index (χ0n) is 17.6. The largest absolute Gasteiger partial charge is 0.339 e. The molecule has 0 N–H and O–H groups in total. The van der Waals surface area contributed by atoms with E-state index in [0.29, 0.717) is 49.1 Å². The summed E-state index contributed by atoms with van der Waals surface area (Å²) in [6.07, 6.45) is 4.14. The maximum Gasteiger partial charge on any atom is 0.243 e. The lowest BCUT2D eigenvalue weighted by atomic mass is 10.2. The summed E-state index contributed by atoms with van der Waals surface area (Å²) in [5.74, 6) is 0.926. The fourth-order valence-electron chi connectivity index (χ4n) is 4.27. The maximum absolute atomic E-state index is 13.0. The standard InChI is InChI=1S/C22H24N4O4S2/c27-21(7-6-20-23-22(24-30-20)17-9-13-31-15-17)26-12-8-16-14-18(4-5-19(16)26)32(28,29)25-10-2-1-3-11-25/h4-5,9,13-15H,1-3,6-8,10-12H2. The number of benzene rings is 1. The highest BCUT2D eigenvalue weighted by atomic mass is 32.2. The second-order valence-corrected chi connectivity index (χ2v) is 10.8. The average Bonchev–Trinajstić information content (AvgIpc) is 3.58. The third-order valence-corrected chi connectivity index (χ3v) is 8.58. The average molecular weight is 473 g/mol. The molecule has 1 amide bonds. The van der Waals surface area contributed by atoms with Crippen molar-refractivity contribution in [3.05, 3.63) is 46.5 Å². The molecule has 5 rings (SSSR count). The van der Waals surface area contributed by atoms with Gasteiger partial charge in [0.25, 0.3) is 0 Å². The van der Waals surface area contributed by atoms with Gasteiger partial charge in [0.1, 0.15) is 0 Å². The Hall–Kier alpha value is -2.56. The topological polar surface area (TPSA) is 96.6 Å². The molecule has 0 saturated carbocycles. The fraction of sp³-hybridized carbons (Fsp3) is 0.409. The molecular formula is C22H24N4O4S2. The van der Waals surface area contributed by atoms with E-state index >= 15 is 0 Å². The van der Waals surface area contributed by atoms with Gasteiger partial charge in [-0.05, 0) is 54.5 Å². The predicted octanol–water partition coefficient (Wildman–Crippen LogP) is 3.49. The van der Waals surface area contributed by atoms with Crippen LogP contribution in [-0.2, 0) is 27.7 Å². The predicted molar refractivity (Wildman–Crippen MR) is 121 cm³/mol. The Bertz CT molecular complexity index is 1210. The van der Waals surface area contributed by atoms with Crippen LogP contribution in [0.5, 0.6) is 0 Å². The number of hydrogen-bond acceptors (Lipinski definition) is 7. The number of hydrogen-bond donors (Lipinski definition) is 0. The molecule has 0 spiro atoms. The second kappa shape index (κ2) is 8.76. The molecule has 0 bridgehead atoms. The lowest BCUT2D eigenvalue weighted by molar-refractivity contribution is -0.118. The van der Waals surface area contributed by atoms with Gasteiger partial charge in [0.15, 0.2) is 0 Å². The minimum absolute atomic E-state index is 0.0364. The van der Waals surface area contributed by atoms with Gasteiger partial charge < -0.3 is 9.42 Å². The number of nitrogens with zero attached hydrogens (tertiary/aromatic N) is 4. The SMILES string of the molecule is O=C(CCc1nc(-c2ccsc2)no1)N1CCc2cc(S(=O)(=O)N3CCCCC3)ccc21. The zero-order valence-corrected chi connectivity index (χ0v) is 19.2. The van der Waals surface area contributed by atoms with Gasteiger partial charge >= 0.3 is 0 Å². The highest BCUT2D eigenvalue weighted by molar-refractivity contribution is 7.89. The summed E-state index contributed by atoms with van der Waals surface area (Å²) < 4.78 is 32.8. The first-order valence-corrected chi connectivity index (χ1v) is 13.2. The third-order valence-electron chi connectivity index (χ3n) is 6.00. The monoisotopic (exact) mass is 472 g/mol. The summed E-state index contributed by atoms with van der Waals surface area (Å²) in [7, 11) is -3.48. The number of rotatable bonds is 6. The first-order chi connectivity index (χ1) is 15.5. The molecule has 4 heterocycles. The Morgan fingerprint density at radius 1 is 1.12 bits per heavy atom. The van der Waals surface area contributed by atoms with Crippen molar-refractivity contribution in [1.29, 1.82) is 0 Å². The molecule has 1 aromatic carbocycles. The minimum Gasteiger partial charge on any atom is -0.339 e. The first kappa shape index (κ1) is 21.3. The molecule has 0 atom stereocenters. The summed E-state index contributed by atoms with van der Waals surface area (Å²) in [5.41, 5.74) is 2.59. The van der Waals surface area contributed by atoms with Crippen LogP contribution in [0.1, 0.15) is 37.1 Å². The molecule has 0 unspecified atom stereocenters. The van der Waals surface area contributed by atoms with Crippen molar-refractivity contribution in [3.8, 4) is 11.4 Å². The van der Waals surface area contributed by atoms with Gasteiger partial charge in [0, 0.05) is 49.1 Å². The van der Waals surface area contributed by atoms with Crippen LogP contribution in [0.4, 0.5) is 5.69 Å². The van der Waals surface area contributed by atoms with E-state index in [9.17, 15) is 13.2 Å². The first-order valence-electron chi connectivity index (χ1n) is 10.8. The lowest BCUT2D eigenvalue weighted by Gasteiger charge is -2.26. The number of carbonyl (C=O) groups excluding carboxylic acids is 1. The highest BCUT2D eigenvalue weighted by Crippen LogP contribution is 2.32. The van der Waals surface area contributed by atoms with Gasteiger partial charge in [0.2, 0.25) is 27.6 Å². The molecular weight excluding hydrogens is 448 g/mol. The number of fused-ring (bicyclic) bond motifs is 1. The van der Waals surface area contributed by atoms with Crippen LogP contribution >= 0.6 is 11.3 Å². The summed E-state index contributed by atoms with van der Waals surface area (Å²) in [4.78, 5) is 19.3. The normalized spacial score (nSPS) is 16.9. The molecule has 10 heteroatoms. The number of sulfonamides is 1. The quantitative estimate of drug-likeness (QED) is 0.545. The van der Waals surface area contributed by atoms with Gasteiger partial charge in [-0.2, -0.15) is 20.6 Å². The molecule has 0 radical (unpaired) electrons. The Morgan fingerprint density at radius 3 is 2.75 bits per heavy atom. The molecule has 2 aromatic heterocycles. The van der Waals surface area contributed by atoms with Crippen LogP contribution in [0.3, 0.4) is 0 Å². The van der Waals surface area contributed by atoms with Gasteiger partial charge in [-0.1, -0.05) is 11.6 Å². The number of aromatic nitrogens is 2. The van der Waals surface area contributed by atoms with E-state index in [-0.39, 0.29) is 12.3 Å². The van der Waals surface area contributed by atoms with E-state index in [4.69, 9.17) is 4.52 Å². The van der Waals surface area contributed by atoms with Gasteiger partial charge in [-0.25, -0.2) is 8.42 Å². The van der Waals surface area contributed by atoms with E-state index < -0.39 is 10.0 Å². The molecule has 32 heavy (non-hydrogen) atoms. The molecule has 2 aliphatic rings. The van der Waals surface area contributed by atoms with Gasteiger partial charge in [-0.3, -0.25) is 4.79 Å². The molecule has 2 aliphatic heterocycles. The summed E-state index contributed by atoms with van der Waals surface area (Å²) in [6, 6.07) is 7.04. The van der Waals surface area contributed by atoms with Crippen molar-refractivity contribution in [3.63, 3.8) is 0 Å².